The van der Waals surface area contributed by atoms with E-state index in [1.54, 1.807) is 0 Å². The molecule has 0 radical (unpaired) electrons. The first kappa shape index (κ1) is 15.6. The largest absolute Gasteiger partial charge is 0.478 e. The van der Waals surface area contributed by atoms with Gasteiger partial charge in [0.2, 0.25) is 0 Å². The monoisotopic (exact) mass is 310 g/mol. The summed E-state index contributed by atoms with van der Waals surface area (Å²) in [4.78, 5) is 22.1. The van der Waals surface area contributed by atoms with Crippen molar-refractivity contribution >= 4 is 11.9 Å². The number of hydrogen-bond acceptors (Lipinski definition) is 2. The van der Waals surface area contributed by atoms with E-state index in [1.165, 1.54) is 12.1 Å². The minimum absolute atomic E-state index is 0.145. The number of hydrogen-bond donors (Lipinski definition) is 2. The maximum atomic E-state index is 12.5. The molecule has 0 fully saturated rings. The van der Waals surface area contributed by atoms with Crippen molar-refractivity contribution in [1.29, 1.82) is 0 Å². The molecule has 0 saturated heterocycles. The zero-order chi connectivity index (χ0) is 16.5. The van der Waals surface area contributed by atoms with Gasteiger partial charge in [0.25, 0.3) is 0 Å². The fourth-order valence-electron chi connectivity index (χ4n) is 1.94. The molecule has 0 aliphatic carbocycles. The van der Waals surface area contributed by atoms with Crippen molar-refractivity contribution in [2.75, 3.05) is 0 Å². The topological polar surface area (TPSA) is 74.6 Å². The lowest BCUT2D eigenvalue weighted by molar-refractivity contribution is -0.137. The molecule has 0 aliphatic rings. The Balaban J connectivity index is 2.52. The van der Waals surface area contributed by atoms with Crippen molar-refractivity contribution in [3.05, 3.63) is 59.2 Å². The van der Waals surface area contributed by atoms with Crippen LogP contribution in [0.1, 0.15) is 26.3 Å². The van der Waals surface area contributed by atoms with Gasteiger partial charge in [-0.3, -0.25) is 0 Å². The van der Waals surface area contributed by atoms with E-state index < -0.39 is 23.7 Å². The maximum Gasteiger partial charge on any atom is 0.416 e. The van der Waals surface area contributed by atoms with Crippen molar-refractivity contribution in [2.45, 2.75) is 6.18 Å². The van der Waals surface area contributed by atoms with Gasteiger partial charge in [0.15, 0.2) is 0 Å². The molecule has 0 aromatic heterocycles. The summed E-state index contributed by atoms with van der Waals surface area (Å²) >= 11 is 0. The average molecular weight is 310 g/mol. The molecule has 0 spiro atoms. The van der Waals surface area contributed by atoms with Gasteiger partial charge < -0.3 is 10.2 Å². The molecule has 2 aromatic rings. The van der Waals surface area contributed by atoms with E-state index in [2.05, 4.69) is 0 Å². The lowest BCUT2D eigenvalue weighted by Crippen LogP contribution is -2.06. The predicted octanol–water partition coefficient (Wildman–Crippen LogP) is 3.77. The molecule has 0 aliphatic heterocycles. The van der Waals surface area contributed by atoms with Gasteiger partial charge in [-0.1, -0.05) is 18.2 Å². The quantitative estimate of drug-likeness (QED) is 0.905. The second-order valence-electron chi connectivity index (χ2n) is 4.45. The maximum absolute atomic E-state index is 12.5. The number of carboxylic acids is 2. The molecular weight excluding hydrogens is 301 g/mol. The van der Waals surface area contributed by atoms with E-state index in [0.717, 1.165) is 30.3 Å². The summed E-state index contributed by atoms with van der Waals surface area (Å²) < 4.78 is 37.5. The van der Waals surface area contributed by atoms with Crippen LogP contribution in [0.3, 0.4) is 0 Å². The average Bonchev–Trinajstić information content (AvgIpc) is 2.45. The van der Waals surface area contributed by atoms with E-state index in [-0.39, 0.29) is 22.3 Å². The predicted molar refractivity (Wildman–Crippen MR) is 70.8 cm³/mol. The van der Waals surface area contributed by atoms with Gasteiger partial charge in [-0.25, -0.2) is 9.59 Å². The summed E-state index contributed by atoms with van der Waals surface area (Å²) in [5.74, 6) is -2.65. The second kappa shape index (κ2) is 5.51. The lowest BCUT2D eigenvalue weighted by atomic mass is 9.96. The second-order valence-corrected chi connectivity index (χ2v) is 4.45. The standard InChI is InChI=1S/C15H9F3O4/c16-15(17,18)10-4-1-8(2-5-10)11-6-3-9(13(19)20)7-12(11)14(21)22/h1-7H,(H,19,20)(H,21,22). The summed E-state index contributed by atoms with van der Waals surface area (Å²) in [5, 5.41) is 18.0. The third-order valence-corrected chi connectivity index (χ3v) is 3.02. The van der Waals surface area contributed by atoms with Gasteiger partial charge in [0.1, 0.15) is 0 Å². The van der Waals surface area contributed by atoms with Crippen LogP contribution in [0.2, 0.25) is 0 Å². The van der Waals surface area contributed by atoms with Gasteiger partial charge in [0.05, 0.1) is 16.7 Å². The fraction of sp³-hybridized carbons (Fsp3) is 0.0667. The lowest BCUT2D eigenvalue weighted by Gasteiger charge is -2.10. The van der Waals surface area contributed by atoms with Crippen molar-refractivity contribution in [3.63, 3.8) is 0 Å². The van der Waals surface area contributed by atoms with Crippen LogP contribution in [0.15, 0.2) is 42.5 Å². The Morgan fingerprint density at radius 2 is 1.45 bits per heavy atom. The van der Waals surface area contributed by atoms with E-state index >= 15 is 0 Å². The van der Waals surface area contributed by atoms with Crippen LogP contribution in [-0.2, 0) is 6.18 Å². The molecule has 0 saturated carbocycles. The molecule has 22 heavy (non-hydrogen) atoms. The summed E-state index contributed by atoms with van der Waals surface area (Å²) in [7, 11) is 0. The van der Waals surface area contributed by atoms with Crippen molar-refractivity contribution < 1.29 is 33.0 Å². The van der Waals surface area contributed by atoms with Crippen LogP contribution in [0.5, 0.6) is 0 Å². The number of benzene rings is 2. The zero-order valence-corrected chi connectivity index (χ0v) is 10.9. The highest BCUT2D eigenvalue weighted by Gasteiger charge is 2.30. The third-order valence-electron chi connectivity index (χ3n) is 3.02. The van der Waals surface area contributed by atoms with E-state index in [1.807, 2.05) is 0 Å². The van der Waals surface area contributed by atoms with Gasteiger partial charge in [0, 0.05) is 0 Å². The van der Waals surface area contributed by atoms with Crippen LogP contribution in [0.4, 0.5) is 13.2 Å². The minimum Gasteiger partial charge on any atom is -0.478 e. The first-order valence-electron chi connectivity index (χ1n) is 5.98. The van der Waals surface area contributed by atoms with Gasteiger partial charge in [-0.15, -0.1) is 0 Å². The molecule has 0 bridgehead atoms. The van der Waals surface area contributed by atoms with E-state index in [0.29, 0.717) is 0 Å². The molecule has 0 heterocycles. The summed E-state index contributed by atoms with van der Waals surface area (Å²) in [6.45, 7) is 0. The molecule has 0 atom stereocenters. The Labute approximate surface area is 122 Å². The molecule has 2 rings (SSSR count). The van der Waals surface area contributed by atoms with Crippen LogP contribution in [0, 0.1) is 0 Å². The molecule has 4 nitrogen and oxygen atoms in total. The Morgan fingerprint density at radius 3 is 1.91 bits per heavy atom. The van der Waals surface area contributed by atoms with Crippen LogP contribution in [0.25, 0.3) is 11.1 Å². The third kappa shape index (κ3) is 3.08. The molecule has 0 amide bonds. The molecule has 2 aromatic carbocycles. The smallest absolute Gasteiger partial charge is 0.416 e. The Kier molecular flexibility index (Phi) is 3.90. The van der Waals surface area contributed by atoms with E-state index in [4.69, 9.17) is 10.2 Å². The van der Waals surface area contributed by atoms with Crippen LogP contribution < -0.4 is 0 Å². The van der Waals surface area contributed by atoms with Crippen LogP contribution >= 0.6 is 0 Å². The van der Waals surface area contributed by atoms with Crippen LogP contribution in [-0.4, -0.2) is 22.2 Å². The minimum atomic E-state index is -4.48. The first-order chi connectivity index (χ1) is 10.2. The summed E-state index contributed by atoms with van der Waals surface area (Å²) in [6, 6.07) is 7.39. The Hall–Kier alpha value is -2.83. The van der Waals surface area contributed by atoms with Crippen molar-refractivity contribution in [1.82, 2.24) is 0 Å². The normalized spacial score (nSPS) is 11.2. The van der Waals surface area contributed by atoms with Crippen molar-refractivity contribution in [3.8, 4) is 11.1 Å². The van der Waals surface area contributed by atoms with Gasteiger partial charge >= 0.3 is 18.1 Å². The number of carbonyl (C=O) groups is 2. The SMILES string of the molecule is O=C(O)c1ccc(-c2ccc(C(F)(F)F)cc2)c(C(=O)O)c1. The Morgan fingerprint density at radius 1 is 0.864 bits per heavy atom. The highest BCUT2D eigenvalue weighted by atomic mass is 19.4. The number of halogens is 3. The number of alkyl halides is 3. The van der Waals surface area contributed by atoms with Gasteiger partial charge in [-0.05, 0) is 35.4 Å². The molecule has 114 valence electrons. The highest BCUT2D eigenvalue weighted by molar-refractivity contribution is 5.99. The fourth-order valence-corrected chi connectivity index (χ4v) is 1.94. The number of aromatic carboxylic acids is 2. The van der Waals surface area contributed by atoms with E-state index in [9.17, 15) is 22.8 Å². The summed E-state index contributed by atoms with van der Waals surface area (Å²) in [5.41, 5.74) is -0.962. The summed E-state index contributed by atoms with van der Waals surface area (Å²) in [6.07, 6.45) is -4.48. The highest BCUT2D eigenvalue weighted by Crippen LogP contribution is 2.32. The van der Waals surface area contributed by atoms with Crippen molar-refractivity contribution in [2.24, 2.45) is 0 Å². The molecule has 0 unspecified atom stereocenters. The molecule has 7 heteroatoms. The first-order valence-corrected chi connectivity index (χ1v) is 5.98. The van der Waals surface area contributed by atoms with Gasteiger partial charge in [-0.2, -0.15) is 13.2 Å². The zero-order valence-electron chi connectivity index (χ0n) is 10.9. The number of rotatable bonds is 3. The number of carboxylic acid groups (broad SMARTS) is 2. The molecular formula is C15H9F3O4. The molecule has 2 N–H and O–H groups in total. The Bertz CT molecular complexity index is 733.